The second kappa shape index (κ2) is 9.52. The van der Waals surface area contributed by atoms with E-state index in [0.29, 0.717) is 36.8 Å². The Hall–Kier alpha value is -2.64. The third-order valence-electron chi connectivity index (χ3n) is 4.85. The highest BCUT2D eigenvalue weighted by Crippen LogP contribution is 2.28. The number of amides is 1. The largest absolute Gasteiger partial charge is 0.496 e. The maximum absolute atomic E-state index is 13.4. The molecule has 1 amide bonds. The molecule has 1 aliphatic rings. The highest BCUT2D eigenvalue weighted by Gasteiger charge is 2.25. The van der Waals surface area contributed by atoms with E-state index < -0.39 is 0 Å². The SMILES string of the molecule is COc1cccc(OC)c1C(=O)NC[C@H](c1ccc(F)cc1)N1CCOCC1. The molecule has 0 spiro atoms. The summed E-state index contributed by atoms with van der Waals surface area (Å²) in [4.78, 5) is 15.1. The van der Waals surface area contributed by atoms with Crippen molar-refractivity contribution < 1.29 is 23.4 Å². The highest BCUT2D eigenvalue weighted by atomic mass is 19.1. The van der Waals surface area contributed by atoms with Gasteiger partial charge in [-0.3, -0.25) is 9.69 Å². The molecule has 1 atom stereocenters. The van der Waals surface area contributed by atoms with Crippen molar-refractivity contribution in [2.24, 2.45) is 0 Å². The van der Waals surface area contributed by atoms with Crippen molar-refractivity contribution >= 4 is 5.91 Å². The van der Waals surface area contributed by atoms with Gasteiger partial charge in [0.2, 0.25) is 0 Å². The average Bonchev–Trinajstić information content (AvgIpc) is 2.75. The second-order valence-electron chi connectivity index (χ2n) is 6.46. The maximum Gasteiger partial charge on any atom is 0.258 e. The van der Waals surface area contributed by atoms with Crippen LogP contribution in [0.15, 0.2) is 42.5 Å². The number of ether oxygens (including phenoxy) is 3. The molecule has 0 unspecified atom stereocenters. The van der Waals surface area contributed by atoms with Gasteiger partial charge in [-0.2, -0.15) is 0 Å². The number of methoxy groups -OCH3 is 2. The maximum atomic E-state index is 13.4. The van der Waals surface area contributed by atoms with Crippen molar-refractivity contribution in [1.29, 1.82) is 0 Å². The third-order valence-corrected chi connectivity index (χ3v) is 4.85. The van der Waals surface area contributed by atoms with Crippen LogP contribution in [-0.4, -0.2) is 57.9 Å². The van der Waals surface area contributed by atoms with Crippen LogP contribution in [0.1, 0.15) is 22.0 Å². The van der Waals surface area contributed by atoms with Crippen LogP contribution in [0.4, 0.5) is 4.39 Å². The van der Waals surface area contributed by atoms with Gasteiger partial charge in [-0.25, -0.2) is 4.39 Å². The summed E-state index contributed by atoms with van der Waals surface area (Å²) >= 11 is 0. The predicted octanol–water partition coefficient (Wildman–Crippen LogP) is 2.65. The van der Waals surface area contributed by atoms with Gasteiger partial charge in [0, 0.05) is 19.6 Å². The number of morpholine rings is 1. The smallest absolute Gasteiger partial charge is 0.258 e. The van der Waals surface area contributed by atoms with E-state index in [2.05, 4.69) is 10.2 Å². The normalized spacial score (nSPS) is 15.7. The van der Waals surface area contributed by atoms with Gasteiger partial charge < -0.3 is 19.5 Å². The molecule has 3 rings (SSSR count). The number of rotatable bonds is 7. The van der Waals surface area contributed by atoms with E-state index in [0.717, 1.165) is 18.7 Å². The van der Waals surface area contributed by atoms with Crippen LogP contribution < -0.4 is 14.8 Å². The van der Waals surface area contributed by atoms with E-state index in [1.807, 2.05) is 0 Å². The monoisotopic (exact) mass is 388 g/mol. The summed E-state index contributed by atoms with van der Waals surface area (Å²) in [7, 11) is 3.03. The summed E-state index contributed by atoms with van der Waals surface area (Å²) in [5, 5.41) is 2.98. The molecule has 1 heterocycles. The van der Waals surface area contributed by atoms with Crippen LogP contribution in [-0.2, 0) is 4.74 Å². The zero-order valence-corrected chi connectivity index (χ0v) is 16.1. The van der Waals surface area contributed by atoms with Crippen molar-refractivity contribution in [3.05, 3.63) is 59.4 Å². The Morgan fingerprint density at radius 2 is 1.71 bits per heavy atom. The molecular weight excluding hydrogens is 363 g/mol. The Balaban J connectivity index is 1.80. The fourth-order valence-electron chi connectivity index (χ4n) is 3.38. The van der Waals surface area contributed by atoms with Gasteiger partial charge in [0.25, 0.3) is 5.91 Å². The first-order valence-electron chi connectivity index (χ1n) is 9.20. The van der Waals surface area contributed by atoms with Crippen molar-refractivity contribution in [2.45, 2.75) is 6.04 Å². The van der Waals surface area contributed by atoms with E-state index in [1.54, 1.807) is 30.3 Å². The summed E-state index contributed by atoms with van der Waals surface area (Å²) in [5.74, 6) is 0.324. The fourth-order valence-corrected chi connectivity index (χ4v) is 3.38. The summed E-state index contributed by atoms with van der Waals surface area (Å²) in [6, 6.07) is 11.5. The summed E-state index contributed by atoms with van der Waals surface area (Å²) in [5.41, 5.74) is 1.29. The molecule has 1 aliphatic heterocycles. The van der Waals surface area contributed by atoms with E-state index >= 15 is 0 Å². The fraction of sp³-hybridized carbons (Fsp3) is 0.381. The molecule has 0 bridgehead atoms. The molecule has 0 aliphatic carbocycles. The van der Waals surface area contributed by atoms with Gasteiger partial charge in [0.05, 0.1) is 33.5 Å². The summed E-state index contributed by atoms with van der Waals surface area (Å²) < 4.78 is 29.4. The lowest BCUT2D eigenvalue weighted by molar-refractivity contribution is 0.0162. The zero-order valence-electron chi connectivity index (χ0n) is 16.1. The quantitative estimate of drug-likeness (QED) is 0.790. The van der Waals surface area contributed by atoms with E-state index in [9.17, 15) is 9.18 Å². The van der Waals surface area contributed by atoms with Crippen molar-refractivity contribution in [2.75, 3.05) is 47.1 Å². The Bertz CT molecular complexity index is 769. The lowest BCUT2D eigenvalue weighted by Gasteiger charge is -2.35. The van der Waals surface area contributed by atoms with Crippen molar-refractivity contribution in [1.82, 2.24) is 10.2 Å². The van der Waals surface area contributed by atoms with Crippen molar-refractivity contribution in [3.63, 3.8) is 0 Å². The first-order chi connectivity index (χ1) is 13.6. The molecule has 0 radical (unpaired) electrons. The number of nitrogens with zero attached hydrogens (tertiary/aromatic N) is 1. The highest BCUT2D eigenvalue weighted by molar-refractivity contribution is 5.99. The minimum absolute atomic E-state index is 0.0887. The molecule has 150 valence electrons. The van der Waals surface area contributed by atoms with Gasteiger partial charge in [0.1, 0.15) is 22.9 Å². The molecule has 6 nitrogen and oxygen atoms in total. The number of benzene rings is 2. The standard InChI is InChI=1S/C21H25FN2O4/c1-26-18-4-3-5-19(27-2)20(18)21(25)23-14-17(24-10-12-28-13-11-24)15-6-8-16(22)9-7-15/h3-9,17H,10-14H2,1-2H3,(H,23,25)/t17-/m1/s1. The first kappa shape index (κ1) is 20.1. The van der Waals surface area contributed by atoms with Crippen LogP contribution in [0.5, 0.6) is 11.5 Å². The van der Waals surface area contributed by atoms with Crippen LogP contribution >= 0.6 is 0 Å². The summed E-state index contributed by atoms with van der Waals surface area (Å²) in [6.45, 7) is 3.12. The van der Waals surface area contributed by atoms with Gasteiger partial charge >= 0.3 is 0 Å². The van der Waals surface area contributed by atoms with E-state index in [4.69, 9.17) is 14.2 Å². The van der Waals surface area contributed by atoms with Crippen LogP contribution in [0, 0.1) is 5.82 Å². The Kier molecular flexibility index (Phi) is 6.84. The molecule has 0 saturated carbocycles. The van der Waals surface area contributed by atoms with Gasteiger partial charge in [-0.1, -0.05) is 18.2 Å². The molecule has 1 saturated heterocycles. The van der Waals surface area contributed by atoms with Crippen LogP contribution in [0.25, 0.3) is 0 Å². The van der Waals surface area contributed by atoms with Crippen LogP contribution in [0.3, 0.4) is 0 Å². The Labute approximate surface area is 164 Å². The number of hydrogen-bond acceptors (Lipinski definition) is 5. The summed E-state index contributed by atoms with van der Waals surface area (Å²) in [6.07, 6.45) is 0. The lowest BCUT2D eigenvalue weighted by Crippen LogP contribution is -2.43. The number of hydrogen-bond donors (Lipinski definition) is 1. The minimum Gasteiger partial charge on any atom is -0.496 e. The van der Waals surface area contributed by atoms with E-state index in [-0.39, 0.29) is 17.8 Å². The Morgan fingerprint density at radius 3 is 2.29 bits per heavy atom. The first-order valence-corrected chi connectivity index (χ1v) is 9.20. The molecule has 1 fully saturated rings. The Morgan fingerprint density at radius 1 is 1.11 bits per heavy atom. The zero-order chi connectivity index (χ0) is 19.9. The average molecular weight is 388 g/mol. The molecule has 2 aromatic rings. The predicted molar refractivity (Wildman–Crippen MR) is 103 cm³/mol. The number of carbonyl (C=O) groups excluding carboxylic acids is 1. The minimum atomic E-state index is -0.285. The van der Waals surface area contributed by atoms with Gasteiger partial charge in [-0.05, 0) is 29.8 Å². The third kappa shape index (κ3) is 4.61. The lowest BCUT2D eigenvalue weighted by atomic mass is 10.0. The topological polar surface area (TPSA) is 60.0 Å². The number of halogens is 1. The molecular formula is C21H25FN2O4. The second-order valence-corrected chi connectivity index (χ2v) is 6.46. The van der Waals surface area contributed by atoms with Crippen LogP contribution in [0.2, 0.25) is 0 Å². The molecule has 7 heteroatoms. The molecule has 28 heavy (non-hydrogen) atoms. The van der Waals surface area contributed by atoms with Gasteiger partial charge in [-0.15, -0.1) is 0 Å². The van der Waals surface area contributed by atoms with Crippen molar-refractivity contribution in [3.8, 4) is 11.5 Å². The molecule has 2 aromatic carbocycles. The number of carbonyl (C=O) groups is 1. The van der Waals surface area contributed by atoms with Gasteiger partial charge in [0.15, 0.2) is 0 Å². The molecule has 0 aromatic heterocycles. The molecule has 1 N–H and O–H groups in total. The van der Waals surface area contributed by atoms with E-state index in [1.165, 1.54) is 26.4 Å². The number of nitrogens with one attached hydrogen (secondary N) is 1.